The summed E-state index contributed by atoms with van der Waals surface area (Å²) < 4.78 is 10.7. The minimum absolute atomic E-state index is 0.00423. The molecule has 1 unspecified atom stereocenters. The second kappa shape index (κ2) is 25.0. The Bertz CT molecular complexity index is 461. The Hall–Kier alpha value is -1.06. The molecule has 0 rings (SSSR count). The Morgan fingerprint density at radius 1 is 0.559 bits per heavy atom. The molecule has 0 radical (unpaired) electrons. The van der Waals surface area contributed by atoms with Crippen molar-refractivity contribution in [1.29, 1.82) is 0 Å². The van der Waals surface area contributed by atoms with E-state index in [-0.39, 0.29) is 11.9 Å². The van der Waals surface area contributed by atoms with Crippen molar-refractivity contribution in [1.82, 2.24) is 0 Å². The number of hydrogen-bond acceptors (Lipinski definition) is 4. The van der Waals surface area contributed by atoms with Crippen molar-refractivity contribution in [2.24, 2.45) is 11.8 Å². The lowest BCUT2D eigenvalue weighted by Gasteiger charge is -2.20. The van der Waals surface area contributed by atoms with Crippen LogP contribution >= 0.6 is 0 Å². The molecule has 0 aliphatic rings. The molecule has 1 atom stereocenters. The maximum Gasteiger partial charge on any atom is 0.306 e. The third kappa shape index (κ3) is 22.7. The Kier molecular flexibility index (Phi) is 24.3. The quantitative estimate of drug-likeness (QED) is 0.0961. The summed E-state index contributed by atoms with van der Waals surface area (Å²) in [5.41, 5.74) is 0. The average molecular weight is 483 g/mol. The third-order valence-corrected chi connectivity index (χ3v) is 6.85. The van der Waals surface area contributed by atoms with Gasteiger partial charge in [-0.15, -0.1) is 0 Å². The predicted octanol–water partition coefficient (Wildman–Crippen LogP) is 9.19. The molecule has 0 amide bonds. The maximum atomic E-state index is 12.1. The lowest BCUT2D eigenvalue weighted by atomic mass is 9.87. The molecular weight excluding hydrogens is 424 g/mol. The van der Waals surface area contributed by atoms with Gasteiger partial charge in [-0.25, -0.2) is 0 Å². The van der Waals surface area contributed by atoms with Crippen LogP contribution in [0.5, 0.6) is 0 Å². The number of rotatable bonds is 25. The fourth-order valence-corrected chi connectivity index (χ4v) is 4.36. The number of carbonyl (C=O) groups is 2. The molecule has 0 fully saturated rings. The van der Waals surface area contributed by atoms with Gasteiger partial charge in [0.05, 0.1) is 13.2 Å². The van der Waals surface area contributed by atoms with E-state index < -0.39 is 0 Å². The average Bonchev–Trinajstić information content (AvgIpc) is 2.81. The molecule has 0 aliphatic carbocycles. The normalized spacial score (nSPS) is 12.1. The molecule has 34 heavy (non-hydrogen) atoms. The first kappa shape index (κ1) is 32.9. The van der Waals surface area contributed by atoms with Gasteiger partial charge in [0.1, 0.15) is 0 Å². The minimum Gasteiger partial charge on any atom is -0.466 e. The number of ether oxygens (including phenoxy) is 2. The van der Waals surface area contributed by atoms with Gasteiger partial charge < -0.3 is 9.47 Å². The first-order valence-electron chi connectivity index (χ1n) is 14.8. The number of unbranched alkanes of at least 4 members (excludes halogenated alkanes) is 14. The molecule has 0 aliphatic heterocycles. The van der Waals surface area contributed by atoms with Gasteiger partial charge >= 0.3 is 11.9 Å². The van der Waals surface area contributed by atoms with E-state index in [0.29, 0.717) is 37.9 Å². The molecule has 0 spiro atoms. The number of hydrogen-bond donors (Lipinski definition) is 0. The van der Waals surface area contributed by atoms with E-state index in [1.54, 1.807) is 0 Å². The molecule has 0 aromatic heterocycles. The van der Waals surface area contributed by atoms with E-state index in [4.69, 9.17) is 9.47 Å². The molecule has 0 N–H and O–H groups in total. The van der Waals surface area contributed by atoms with Crippen LogP contribution in [0.15, 0.2) is 0 Å². The second-order valence-electron chi connectivity index (χ2n) is 10.5. The molecule has 0 bridgehead atoms. The first-order valence-corrected chi connectivity index (χ1v) is 14.8. The summed E-state index contributed by atoms with van der Waals surface area (Å²) in [4.78, 5) is 23.8. The van der Waals surface area contributed by atoms with Gasteiger partial charge in [-0.05, 0) is 37.5 Å². The van der Waals surface area contributed by atoms with Crippen LogP contribution in [0.2, 0.25) is 0 Å². The van der Waals surface area contributed by atoms with Gasteiger partial charge in [0, 0.05) is 12.8 Å². The largest absolute Gasteiger partial charge is 0.466 e. The lowest BCUT2D eigenvalue weighted by molar-refractivity contribution is -0.145. The Balaban J connectivity index is 3.56. The summed E-state index contributed by atoms with van der Waals surface area (Å²) in [6, 6.07) is 0. The van der Waals surface area contributed by atoms with Crippen LogP contribution in [0, 0.1) is 11.8 Å². The van der Waals surface area contributed by atoms with E-state index >= 15 is 0 Å². The van der Waals surface area contributed by atoms with Crippen LogP contribution in [-0.4, -0.2) is 25.2 Å². The van der Waals surface area contributed by atoms with Crippen molar-refractivity contribution < 1.29 is 19.1 Å². The zero-order valence-corrected chi connectivity index (χ0v) is 23.3. The van der Waals surface area contributed by atoms with Crippen LogP contribution in [0.1, 0.15) is 156 Å². The van der Waals surface area contributed by atoms with Crippen molar-refractivity contribution in [2.75, 3.05) is 13.2 Å². The summed E-state index contributed by atoms with van der Waals surface area (Å²) in [6.45, 7) is 10.0. The summed E-state index contributed by atoms with van der Waals surface area (Å²) >= 11 is 0. The zero-order chi connectivity index (χ0) is 25.3. The van der Waals surface area contributed by atoms with Gasteiger partial charge in [-0.3, -0.25) is 9.59 Å². The van der Waals surface area contributed by atoms with Crippen LogP contribution in [-0.2, 0) is 19.1 Å². The molecule has 0 aromatic rings. The molecule has 0 aromatic carbocycles. The Morgan fingerprint density at radius 3 is 1.50 bits per heavy atom. The topological polar surface area (TPSA) is 52.6 Å². The standard InChI is InChI=1S/C30H58O4/c1-5-7-9-20-24-33-29(31)23-19-17-15-13-11-12-14-16-18-22-28(27(3)4)26-30(32)34-25-21-10-8-6-2/h27-28H,5-26H2,1-4H3. The summed E-state index contributed by atoms with van der Waals surface area (Å²) in [6.07, 6.45) is 22.4. The first-order chi connectivity index (χ1) is 16.5. The van der Waals surface area contributed by atoms with Crippen molar-refractivity contribution in [3.8, 4) is 0 Å². The second-order valence-corrected chi connectivity index (χ2v) is 10.5. The lowest BCUT2D eigenvalue weighted by Crippen LogP contribution is -2.17. The van der Waals surface area contributed by atoms with Crippen LogP contribution in [0.25, 0.3) is 0 Å². The molecule has 4 nitrogen and oxygen atoms in total. The van der Waals surface area contributed by atoms with Gasteiger partial charge in [-0.2, -0.15) is 0 Å². The van der Waals surface area contributed by atoms with Gasteiger partial charge in [0.2, 0.25) is 0 Å². The maximum absolute atomic E-state index is 12.1. The highest BCUT2D eigenvalue weighted by molar-refractivity contribution is 5.69. The highest BCUT2D eigenvalue weighted by atomic mass is 16.5. The highest BCUT2D eigenvalue weighted by Crippen LogP contribution is 2.23. The number of carbonyl (C=O) groups excluding carboxylic acids is 2. The molecule has 0 saturated carbocycles. The minimum atomic E-state index is -0.0172. The summed E-state index contributed by atoms with van der Waals surface area (Å²) in [5.74, 6) is 0.962. The van der Waals surface area contributed by atoms with Gasteiger partial charge in [0.15, 0.2) is 0 Å². The van der Waals surface area contributed by atoms with Crippen LogP contribution in [0.4, 0.5) is 0 Å². The summed E-state index contributed by atoms with van der Waals surface area (Å²) in [5, 5.41) is 0. The Morgan fingerprint density at radius 2 is 1.00 bits per heavy atom. The number of esters is 2. The van der Waals surface area contributed by atoms with Crippen molar-refractivity contribution in [2.45, 2.75) is 156 Å². The SMILES string of the molecule is CCCCCCOC(=O)CCCCCCCCCCCC(CC(=O)OCCCCCC)C(C)C. The predicted molar refractivity (Wildman–Crippen MR) is 144 cm³/mol. The van der Waals surface area contributed by atoms with E-state index in [0.717, 1.165) is 44.9 Å². The van der Waals surface area contributed by atoms with E-state index in [9.17, 15) is 9.59 Å². The van der Waals surface area contributed by atoms with Crippen molar-refractivity contribution in [3.05, 3.63) is 0 Å². The fraction of sp³-hybridized carbons (Fsp3) is 0.933. The highest BCUT2D eigenvalue weighted by Gasteiger charge is 2.18. The molecule has 202 valence electrons. The Labute approximate surface area is 212 Å². The smallest absolute Gasteiger partial charge is 0.306 e. The van der Waals surface area contributed by atoms with E-state index in [1.807, 2.05) is 0 Å². The molecule has 0 saturated heterocycles. The van der Waals surface area contributed by atoms with Crippen molar-refractivity contribution in [3.63, 3.8) is 0 Å². The summed E-state index contributed by atoms with van der Waals surface area (Å²) in [7, 11) is 0. The molecular formula is C30H58O4. The third-order valence-electron chi connectivity index (χ3n) is 6.85. The van der Waals surface area contributed by atoms with Crippen LogP contribution < -0.4 is 0 Å². The molecule has 0 heterocycles. The molecule has 4 heteroatoms. The van der Waals surface area contributed by atoms with E-state index in [1.165, 1.54) is 70.6 Å². The zero-order valence-electron chi connectivity index (χ0n) is 23.3. The fourth-order valence-electron chi connectivity index (χ4n) is 4.36. The van der Waals surface area contributed by atoms with Gasteiger partial charge in [-0.1, -0.05) is 118 Å². The van der Waals surface area contributed by atoms with Crippen LogP contribution in [0.3, 0.4) is 0 Å². The monoisotopic (exact) mass is 482 g/mol. The van der Waals surface area contributed by atoms with Gasteiger partial charge in [0.25, 0.3) is 0 Å². The van der Waals surface area contributed by atoms with E-state index in [2.05, 4.69) is 27.7 Å². The van der Waals surface area contributed by atoms with Crippen molar-refractivity contribution >= 4 is 11.9 Å².